The highest BCUT2D eigenvalue weighted by Gasteiger charge is 2.35. The number of nitrogens with zero attached hydrogens (tertiary/aromatic N) is 4. The SMILES string of the molecule is O=C(N[C@@H]1CN2CCC1CC2)c1nn(CCOc2ccccc2)c2cc(-c3nccs3)ccc12. The second-order valence-corrected chi connectivity index (χ2v) is 9.92. The molecule has 1 N–H and O–H groups in total. The molecule has 7 nitrogen and oxygen atoms in total. The molecule has 0 unspecified atom stereocenters. The van der Waals surface area contributed by atoms with Crippen molar-refractivity contribution in [1.82, 2.24) is 25.0 Å². The summed E-state index contributed by atoms with van der Waals surface area (Å²) in [6, 6.07) is 16.1. The molecule has 5 heterocycles. The van der Waals surface area contributed by atoms with Gasteiger partial charge in [-0.05, 0) is 56.1 Å². The molecule has 4 aromatic rings. The topological polar surface area (TPSA) is 72.3 Å². The molecular formula is C26H27N5O2S. The van der Waals surface area contributed by atoms with E-state index < -0.39 is 0 Å². The van der Waals surface area contributed by atoms with E-state index in [2.05, 4.69) is 21.3 Å². The number of fused-ring (bicyclic) bond motifs is 4. The average molecular weight is 474 g/mol. The fraction of sp³-hybridized carbons (Fsp3) is 0.346. The van der Waals surface area contributed by atoms with Gasteiger partial charge < -0.3 is 15.0 Å². The third kappa shape index (κ3) is 4.19. The Hall–Kier alpha value is -3.23. The Labute approximate surface area is 202 Å². The molecule has 2 aromatic heterocycles. The molecule has 0 spiro atoms. The van der Waals surface area contributed by atoms with Gasteiger partial charge in [0.2, 0.25) is 0 Å². The Morgan fingerprint density at radius 3 is 2.74 bits per heavy atom. The van der Waals surface area contributed by atoms with E-state index in [1.807, 2.05) is 58.7 Å². The normalized spacial score (nSPS) is 21.6. The van der Waals surface area contributed by atoms with Crippen molar-refractivity contribution in [1.29, 1.82) is 0 Å². The van der Waals surface area contributed by atoms with Gasteiger partial charge in [-0.15, -0.1) is 11.3 Å². The van der Waals surface area contributed by atoms with E-state index in [4.69, 9.17) is 9.84 Å². The van der Waals surface area contributed by atoms with Crippen LogP contribution in [0.3, 0.4) is 0 Å². The van der Waals surface area contributed by atoms with Gasteiger partial charge >= 0.3 is 0 Å². The number of para-hydroxylation sites is 1. The lowest BCUT2D eigenvalue weighted by molar-refractivity contribution is 0.0618. The number of benzene rings is 2. The number of carbonyl (C=O) groups excluding carboxylic acids is 1. The lowest BCUT2D eigenvalue weighted by Crippen LogP contribution is -2.57. The van der Waals surface area contributed by atoms with Crippen LogP contribution in [0, 0.1) is 5.92 Å². The molecule has 1 amide bonds. The van der Waals surface area contributed by atoms with Crippen molar-refractivity contribution in [3.8, 4) is 16.3 Å². The second kappa shape index (κ2) is 9.19. The van der Waals surface area contributed by atoms with Crippen LogP contribution in [0.15, 0.2) is 60.1 Å². The van der Waals surface area contributed by atoms with E-state index in [1.54, 1.807) is 11.3 Å². The summed E-state index contributed by atoms with van der Waals surface area (Å²) < 4.78 is 7.80. The van der Waals surface area contributed by atoms with E-state index in [9.17, 15) is 4.79 Å². The summed E-state index contributed by atoms with van der Waals surface area (Å²) in [5.74, 6) is 1.30. The zero-order valence-corrected chi connectivity index (χ0v) is 19.7. The van der Waals surface area contributed by atoms with Gasteiger partial charge in [0, 0.05) is 35.1 Å². The molecule has 3 aliphatic rings. The molecule has 174 valence electrons. The summed E-state index contributed by atoms with van der Waals surface area (Å²) in [6.45, 7) is 4.24. The van der Waals surface area contributed by atoms with Crippen LogP contribution in [-0.2, 0) is 6.54 Å². The van der Waals surface area contributed by atoms with Crippen molar-refractivity contribution in [3.05, 3.63) is 65.8 Å². The van der Waals surface area contributed by atoms with Crippen LogP contribution < -0.4 is 10.1 Å². The molecule has 3 fully saturated rings. The highest BCUT2D eigenvalue weighted by atomic mass is 32.1. The highest BCUT2D eigenvalue weighted by molar-refractivity contribution is 7.13. The summed E-state index contributed by atoms with van der Waals surface area (Å²) >= 11 is 1.60. The van der Waals surface area contributed by atoms with Crippen LogP contribution in [0.1, 0.15) is 23.3 Å². The Balaban J connectivity index is 1.28. The fourth-order valence-corrected chi connectivity index (χ4v) is 5.78. The Bertz CT molecular complexity index is 1280. The van der Waals surface area contributed by atoms with E-state index in [-0.39, 0.29) is 11.9 Å². The van der Waals surface area contributed by atoms with Crippen LogP contribution in [0.2, 0.25) is 0 Å². The quantitative estimate of drug-likeness (QED) is 0.438. The first-order valence-electron chi connectivity index (χ1n) is 11.9. The van der Waals surface area contributed by atoms with Gasteiger partial charge in [-0.3, -0.25) is 9.48 Å². The molecular weight excluding hydrogens is 446 g/mol. The lowest BCUT2D eigenvalue weighted by Gasteiger charge is -2.44. The van der Waals surface area contributed by atoms with E-state index in [0.717, 1.165) is 59.7 Å². The number of rotatable bonds is 7. The molecule has 0 saturated carbocycles. The van der Waals surface area contributed by atoms with Crippen molar-refractivity contribution in [3.63, 3.8) is 0 Å². The minimum absolute atomic E-state index is 0.0894. The number of carbonyl (C=O) groups is 1. The number of hydrogen-bond acceptors (Lipinski definition) is 6. The third-order valence-corrected chi connectivity index (χ3v) is 7.76. The van der Waals surface area contributed by atoms with Crippen molar-refractivity contribution < 1.29 is 9.53 Å². The minimum atomic E-state index is -0.0894. The van der Waals surface area contributed by atoms with Crippen molar-refractivity contribution in [2.24, 2.45) is 5.92 Å². The Morgan fingerprint density at radius 1 is 1.15 bits per heavy atom. The van der Waals surface area contributed by atoms with Crippen molar-refractivity contribution in [2.45, 2.75) is 25.4 Å². The first kappa shape index (κ1) is 21.3. The van der Waals surface area contributed by atoms with E-state index in [1.165, 1.54) is 0 Å². The van der Waals surface area contributed by atoms with Crippen LogP contribution in [0.5, 0.6) is 5.75 Å². The van der Waals surface area contributed by atoms with Gasteiger partial charge in [0.05, 0.1) is 12.1 Å². The maximum absolute atomic E-state index is 13.4. The fourth-order valence-electron chi connectivity index (χ4n) is 5.14. The number of thiazole rings is 1. The first-order chi connectivity index (χ1) is 16.7. The standard InChI is InChI=1S/C26H27N5O2S/c32-25(28-22-17-30-11-8-18(22)9-12-30)24-21-7-6-19(26-27-10-15-34-26)16-23(21)31(29-24)13-14-33-20-4-2-1-3-5-20/h1-7,10,15-16,18,22H,8-9,11-14,17H2,(H,28,32)/t22-/m1/s1. The molecule has 8 heteroatoms. The predicted molar refractivity (Wildman–Crippen MR) is 133 cm³/mol. The van der Waals surface area contributed by atoms with Gasteiger partial charge in [0.1, 0.15) is 17.4 Å². The number of nitrogens with one attached hydrogen (secondary N) is 1. The molecule has 7 rings (SSSR count). The van der Waals surface area contributed by atoms with E-state index in [0.29, 0.717) is 24.8 Å². The molecule has 3 saturated heterocycles. The molecule has 3 aliphatic heterocycles. The number of aromatic nitrogens is 3. The molecule has 0 radical (unpaired) electrons. The Kier molecular flexibility index (Phi) is 5.76. The minimum Gasteiger partial charge on any atom is -0.492 e. The monoisotopic (exact) mass is 473 g/mol. The number of ether oxygens (including phenoxy) is 1. The maximum Gasteiger partial charge on any atom is 0.272 e. The number of piperidine rings is 3. The first-order valence-corrected chi connectivity index (χ1v) is 12.7. The molecule has 2 aromatic carbocycles. The molecule has 1 atom stereocenters. The van der Waals surface area contributed by atoms with E-state index >= 15 is 0 Å². The van der Waals surface area contributed by atoms with Crippen LogP contribution in [-0.4, -0.2) is 57.9 Å². The average Bonchev–Trinajstić information content (AvgIpc) is 3.54. The zero-order chi connectivity index (χ0) is 22.9. The summed E-state index contributed by atoms with van der Waals surface area (Å²) in [5, 5.41) is 11.8. The number of amides is 1. The largest absolute Gasteiger partial charge is 0.492 e. The summed E-state index contributed by atoms with van der Waals surface area (Å²) in [7, 11) is 0. The summed E-state index contributed by atoms with van der Waals surface area (Å²) in [5.41, 5.74) is 2.43. The molecule has 34 heavy (non-hydrogen) atoms. The van der Waals surface area contributed by atoms with Gasteiger partial charge in [-0.2, -0.15) is 5.10 Å². The van der Waals surface area contributed by atoms with Gasteiger partial charge in [0.25, 0.3) is 5.91 Å². The van der Waals surface area contributed by atoms with Gasteiger partial charge in [-0.1, -0.05) is 24.3 Å². The number of hydrogen-bond donors (Lipinski definition) is 1. The van der Waals surface area contributed by atoms with Crippen LogP contribution in [0.4, 0.5) is 0 Å². The molecule has 2 bridgehead atoms. The van der Waals surface area contributed by atoms with Crippen LogP contribution >= 0.6 is 11.3 Å². The lowest BCUT2D eigenvalue weighted by atomic mass is 9.84. The second-order valence-electron chi connectivity index (χ2n) is 9.02. The third-order valence-electron chi connectivity index (χ3n) is 6.93. The smallest absolute Gasteiger partial charge is 0.272 e. The highest BCUT2D eigenvalue weighted by Crippen LogP contribution is 2.30. The van der Waals surface area contributed by atoms with Crippen molar-refractivity contribution in [2.75, 3.05) is 26.2 Å². The van der Waals surface area contributed by atoms with Crippen molar-refractivity contribution >= 4 is 28.1 Å². The summed E-state index contributed by atoms with van der Waals surface area (Å²) in [4.78, 5) is 20.3. The summed E-state index contributed by atoms with van der Waals surface area (Å²) in [6.07, 6.45) is 4.13. The van der Waals surface area contributed by atoms with Crippen LogP contribution in [0.25, 0.3) is 21.5 Å². The van der Waals surface area contributed by atoms with Gasteiger partial charge in [0.15, 0.2) is 5.69 Å². The molecule has 0 aliphatic carbocycles. The Morgan fingerprint density at radius 2 is 2.00 bits per heavy atom. The zero-order valence-electron chi connectivity index (χ0n) is 18.9. The van der Waals surface area contributed by atoms with Gasteiger partial charge in [-0.25, -0.2) is 4.98 Å². The maximum atomic E-state index is 13.4. The predicted octanol–water partition coefficient (Wildman–Crippen LogP) is 4.06.